The number of carbonyl (C=O) groups is 1. The monoisotopic (exact) mass is 482 g/mol. The van der Waals surface area contributed by atoms with Gasteiger partial charge in [-0.1, -0.05) is 24.9 Å². The van der Waals surface area contributed by atoms with Crippen LogP contribution in [0.4, 0.5) is 5.69 Å². The summed E-state index contributed by atoms with van der Waals surface area (Å²) in [5.74, 6) is 0.200. The fraction of sp³-hybridized carbons (Fsp3) is 0.409. The van der Waals surface area contributed by atoms with Crippen molar-refractivity contribution >= 4 is 45.0 Å². The highest BCUT2D eigenvalue weighted by Crippen LogP contribution is 2.32. The van der Waals surface area contributed by atoms with Gasteiger partial charge in [-0.05, 0) is 61.7 Å². The summed E-state index contributed by atoms with van der Waals surface area (Å²) >= 11 is 7.37. The van der Waals surface area contributed by atoms with Crippen molar-refractivity contribution in [2.75, 3.05) is 25.5 Å². The highest BCUT2D eigenvalue weighted by molar-refractivity contribution is 8.00. The van der Waals surface area contributed by atoms with E-state index in [0.29, 0.717) is 36.0 Å². The first kappa shape index (κ1) is 23.9. The van der Waals surface area contributed by atoms with E-state index in [4.69, 9.17) is 16.3 Å². The zero-order chi connectivity index (χ0) is 22.4. The van der Waals surface area contributed by atoms with E-state index in [1.54, 1.807) is 18.2 Å². The average Bonchev–Trinajstić information content (AvgIpc) is 2.79. The lowest BCUT2D eigenvalue weighted by Gasteiger charge is -2.26. The Kier molecular flexibility index (Phi) is 8.27. The van der Waals surface area contributed by atoms with Crippen LogP contribution < -0.4 is 10.1 Å². The molecule has 31 heavy (non-hydrogen) atoms. The van der Waals surface area contributed by atoms with Crippen LogP contribution in [0.3, 0.4) is 0 Å². The van der Waals surface area contributed by atoms with Gasteiger partial charge in [0.1, 0.15) is 5.75 Å². The number of anilines is 1. The van der Waals surface area contributed by atoms with Crippen molar-refractivity contribution in [3.8, 4) is 5.75 Å². The van der Waals surface area contributed by atoms with Crippen molar-refractivity contribution in [3.63, 3.8) is 0 Å². The van der Waals surface area contributed by atoms with Gasteiger partial charge in [0.15, 0.2) is 0 Å². The minimum atomic E-state index is -3.61. The molecule has 0 saturated carbocycles. The maximum atomic E-state index is 13.0. The zero-order valence-corrected chi connectivity index (χ0v) is 20.0. The number of hydrogen-bond donors (Lipinski definition) is 1. The van der Waals surface area contributed by atoms with Crippen LogP contribution in [0.2, 0.25) is 5.02 Å². The SMILES string of the molecule is CC[C@@H](Sc1ccc(Cl)cc1)C(=O)Nc1cc(S(=O)(=O)N2CCCCC2)ccc1OC. The number of methoxy groups -OCH3 is 1. The van der Waals surface area contributed by atoms with Crippen molar-refractivity contribution in [2.24, 2.45) is 0 Å². The van der Waals surface area contributed by atoms with E-state index >= 15 is 0 Å². The van der Waals surface area contributed by atoms with Gasteiger partial charge in [0.2, 0.25) is 15.9 Å². The first-order valence-electron chi connectivity index (χ1n) is 10.3. The Labute approximate surface area is 193 Å². The Morgan fingerprint density at radius 2 is 1.84 bits per heavy atom. The Morgan fingerprint density at radius 1 is 1.16 bits per heavy atom. The van der Waals surface area contributed by atoms with Crippen molar-refractivity contribution in [1.29, 1.82) is 0 Å². The van der Waals surface area contributed by atoms with E-state index in [1.165, 1.54) is 35.3 Å². The highest BCUT2D eigenvalue weighted by Gasteiger charge is 2.27. The number of halogens is 1. The molecule has 6 nitrogen and oxygen atoms in total. The number of thioether (sulfide) groups is 1. The number of hydrogen-bond acceptors (Lipinski definition) is 5. The molecule has 3 rings (SSSR count). The second-order valence-corrected chi connectivity index (χ2v) is 10.9. The fourth-order valence-electron chi connectivity index (χ4n) is 3.41. The summed E-state index contributed by atoms with van der Waals surface area (Å²) in [6.07, 6.45) is 3.37. The lowest BCUT2D eigenvalue weighted by Crippen LogP contribution is -2.35. The predicted molar refractivity (Wildman–Crippen MR) is 126 cm³/mol. The molecule has 1 aliphatic rings. The molecule has 0 bridgehead atoms. The summed E-state index contributed by atoms with van der Waals surface area (Å²) in [6.45, 7) is 2.97. The summed E-state index contributed by atoms with van der Waals surface area (Å²) in [4.78, 5) is 14.1. The van der Waals surface area contributed by atoms with E-state index in [9.17, 15) is 13.2 Å². The second kappa shape index (κ2) is 10.7. The molecule has 1 aliphatic heterocycles. The van der Waals surface area contributed by atoms with E-state index in [1.807, 2.05) is 19.1 Å². The van der Waals surface area contributed by atoms with Gasteiger partial charge < -0.3 is 10.1 Å². The first-order valence-corrected chi connectivity index (χ1v) is 13.0. The third-order valence-corrected chi connectivity index (χ3v) is 8.66. The van der Waals surface area contributed by atoms with Gasteiger partial charge in [-0.2, -0.15) is 4.31 Å². The summed E-state index contributed by atoms with van der Waals surface area (Å²) in [5, 5.41) is 3.15. The van der Waals surface area contributed by atoms with Crippen LogP contribution in [0.1, 0.15) is 32.6 Å². The molecule has 1 atom stereocenters. The Balaban J connectivity index is 1.81. The van der Waals surface area contributed by atoms with Crippen LogP contribution >= 0.6 is 23.4 Å². The highest BCUT2D eigenvalue weighted by atomic mass is 35.5. The van der Waals surface area contributed by atoms with Crippen LogP contribution in [-0.2, 0) is 14.8 Å². The van der Waals surface area contributed by atoms with Gasteiger partial charge in [0.25, 0.3) is 0 Å². The number of sulfonamides is 1. The number of nitrogens with zero attached hydrogens (tertiary/aromatic N) is 1. The maximum Gasteiger partial charge on any atom is 0.243 e. The molecular weight excluding hydrogens is 456 g/mol. The Bertz CT molecular complexity index is 1010. The molecule has 1 fully saturated rings. The predicted octanol–water partition coefficient (Wildman–Crippen LogP) is 5.03. The van der Waals surface area contributed by atoms with Gasteiger partial charge in [-0.25, -0.2) is 8.42 Å². The molecule has 1 saturated heterocycles. The summed E-state index contributed by atoms with van der Waals surface area (Å²) in [5.41, 5.74) is 0.348. The van der Waals surface area contributed by atoms with Gasteiger partial charge in [0.05, 0.1) is 22.9 Å². The van der Waals surface area contributed by atoms with Gasteiger partial charge in [-0.15, -0.1) is 11.8 Å². The molecule has 0 aliphatic carbocycles. The number of nitrogens with one attached hydrogen (secondary N) is 1. The Morgan fingerprint density at radius 3 is 2.45 bits per heavy atom. The van der Waals surface area contributed by atoms with Gasteiger partial charge in [-0.3, -0.25) is 4.79 Å². The lowest BCUT2D eigenvalue weighted by atomic mass is 10.2. The van der Waals surface area contributed by atoms with E-state index < -0.39 is 10.0 Å². The van der Waals surface area contributed by atoms with Crippen LogP contribution in [0.5, 0.6) is 5.75 Å². The van der Waals surface area contributed by atoms with Crippen LogP contribution in [-0.4, -0.2) is 44.1 Å². The number of rotatable bonds is 8. The largest absolute Gasteiger partial charge is 0.495 e. The normalized spacial score (nSPS) is 16.0. The maximum absolute atomic E-state index is 13.0. The molecule has 2 aromatic carbocycles. The molecule has 0 aromatic heterocycles. The third kappa shape index (κ3) is 5.94. The molecule has 168 valence electrons. The molecular formula is C22H27ClN2O4S2. The number of benzene rings is 2. The van der Waals surface area contributed by atoms with Crippen LogP contribution in [0.25, 0.3) is 0 Å². The lowest BCUT2D eigenvalue weighted by molar-refractivity contribution is -0.115. The first-order chi connectivity index (χ1) is 14.8. The van der Waals surface area contributed by atoms with E-state index in [-0.39, 0.29) is 16.1 Å². The molecule has 1 N–H and O–H groups in total. The van der Waals surface area contributed by atoms with Crippen molar-refractivity contribution in [2.45, 2.75) is 47.6 Å². The molecule has 2 aromatic rings. The molecule has 9 heteroatoms. The smallest absolute Gasteiger partial charge is 0.243 e. The van der Waals surface area contributed by atoms with E-state index in [2.05, 4.69) is 5.32 Å². The van der Waals surface area contributed by atoms with E-state index in [0.717, 1.165) is 24.2 Å². The number of ether oxygens (including phenoxy) is 1. The molecule has 0 spiro atoms. The number of carbonyl (C=O) groups excluding carboxylic acids is 1. The van der Waals surface area contributed by atoms with Crippen LogP contribution in [0, 0.1) is 0 Å². The molecule has 0 unspecified atom stereocenters. The molecule has 1 amide bonds. The second-order valence-electron chi connectivity index (χ2n) is 7.28. The number of amides is 1. The summed E-state index contributed by atoms with van der Waals surface area (Å²) in [6, 6.07) is 11.9. The standard InChI is InChI=1S/C22H27ClN2O4S2/c1-3-21(30-17-9-7-16(23)8-10-17)22(26)24-19-15-18(11-12-20(19)29-2)31(27,28)25-13-5-4-6-14-25/h7-12,15,21H,3-6,13-14H2,1-2H3,(H,24,26)/t21-/m1/s1. The van der Waals surface area contributed by atoms with Gasteiger partial charge in [0, 0.05) is 23.0 Å². The molecule has 0 radical (unpaired) electrons. The topological polar surface area (TPSA) is 75.7 Å². The van der Waals surface area contributed by atoms with Crippen molar-refractivity contribution < 1.29 is 17.9 Å². The quantitative estimate of drug-likeness (QED) is 0.534. The minimum Gasteiger partial charge on any atom is -0.495 e. The zero-order valence-electron chi connectivity index (χ0n) is 17.6. The summed E-state index contributed by atoms with van der Waals surface area (Å²) < 4.78 is 33.0. The third-order valence-electron chi connectivity index (χ3n) is 5.14. The van der Waals surface area contributed by atoms with Crippen LogP contribution in [0.15, 0.2) is 52.3 Å². The summed E-state index contributed by atoms with van der Waals surface area (Å²) in [7, 11) is -2.13. The van der Waals surface area contributed by atoms with Crippen molar-refractivity contribution in [1.82, 2.24) is 4.31 Å². The number of piperidine rings is 1. The minimum absolute atomic E-state index is 0.156. The van der Waals surface area contributed by atoms with Crippen molar-refractivity contribution in [3.05, 3.63) is 47.5 Å². The average molecular weight is 483 g/mol. The fourth-order valence-corrected chi connectivity index (χ4v) is 6.04. The Hall–Kier alpha value is -1.74. The van der Waals surface area contributed by atoms with Gasteiger partial charge >= 0.3 is 0 Å². The molecule has 1 heterocycles.